The van der Waals surface area contributed by atoms with Crippen molar-refractivity contribution in [3.8, 4) is 11.9 Å². The number of ether oxygens (including phenoxy) is 2. The highest BCUT2D eigenvalue weighted by Crippen LogP contribution is 2.29. The van der Waals surface area contributed by atoms with Crippen molar-refractivity contribution >= 4 is 21.5 Å². The molecule has 0 atom stereocenters. The number of hydrogen-bond donors (Lipinski definition) is 1. The summed E-state index contributed by atoms with van der Waals surface area (Å²) in [5.41, 5.74) is 5.98. The van der Waals surface area contributed by atoms with E-state index in [-0.39, 0.29) is 22.6 Å². The van der Waals surface area contributed by atoms with Crippen LogP contribution in [0.4, 0.5) is 11.5 Å². The summed E-state index contributed by atoms with van der Waals surface area (Å²) < 4.78 is 37.7. The van der Waals surface area contributed by atoms with Gasteiger partial charge in [0.2, 0.25) is 21.9 Å². The largest absolute Gasteiger partial charge is 0.483 e. The minimum absolute atomic E-state index is 0.00764. The fourth-order valence-electron chi connectivity index (χ4n) is 1.45. The summed E-state index contributed by atoms with van der Waals surface area (Å²) in [6.45, 7) is 0. The second-order valence-electron chi connectivity index (χ2n) is 3.89. The van der Waals surface area contributed by atoms with Gasteiger partial charge in [-0.05, 0) is 30.1 Å². The molecule has 9 heteroatoms. The Labute approximate surface area is 122 Å². The summed E-state index contributed by atoms with van der Waals surface area (Å²) in [5, 5.41) is 0. The Bertz CT molecular complexity index is 709. The van der Waals surface area contributed by atoms with Crippen molar-refractivity contribution in [1.29, 1.82) is 0 Å². The molecule has 0 saturated heterocycles. The lowest BCUT2D eigenvalue weighted by molar-refractivity contribution is 0.353. The van der Waals surface area contributed by atoms with Crippen LogP contribution in [0, 0.1) is 0 Å². The lowest BCUT2D eigenvalue weighted by atomic mass is 10.3. The molecule has 1 heterocycles. The van der Waals surface area contributed by atoms with Gasteiger partial charge >= 0.3 is 0 Å². The van der Waals surface area contributed by atoms with Crippen LogP contribution in [-0.4, -0.2) is 32.6 Å². The number of nitrogens with two attached hydrogens (primary N) is 1. The molecule has 1 aromatic carbocycles. The number of methoxy groups -OCH3 is 2. The molecule has 2 N–H and O–H groups in total. The maximum absolute atomic E-state index is 12.2. The van der Waals surface area contributed by atoms with Gasteiger partial charge in [0.1, 0.15) is 0 Å². The maximum atomic E-state index is 12.2. The first kappa shape index (κ1) is 14.9. The molecule has 1 aromatic heterocycles. The Morgan fingerprint density at radius 1 is 1.10 bits per heavy atom. The number of nitrogens with zero attached hydrogens (tertiary/aromatic N) is 3. The molecule has 0 aliphatic rings. The molecule has 0 radical (unpaired) electrons. The van der Waals surface area contributed by atoms with Crippen molar-refractivity contribution in [2.75, 3.05) is 20.0 Å². The van der Waals surface area contributed by atoms with Crippen molar-refractivity contribution in [3.63, 3.8) is 0 Å². The molecule has 0 amide bonds. The average molecular weight is 309 g/mol. The fourth-order valence-corrected chi connectivity index (χ4v) is 2.38. The van der Waals surface area contributed by atoms with Gasteiger partial charge in [0, 0.05) is 11.8 Å². The zero-order valence-corrected chi connectivity index (χ0v) is 12.2. The molecule has 2 rings (SSSR count). The first-order chi connectivity index (χ1) is 9.94. The summed E-state index contributed by atoms with van der Waals surface area (Å²) in [5.74, 6) is 0.0589. The molecule has 21 heavy (non-hydrogen) atoms. The van der Waals surface area contributed by atoms with Crippen LogP contribution in [0.2, 0.25) is 0 Å². The van der Waals surface area contributed by atoms with Crippen LogP contribution in [0.25, 0.3) is 4.72 Å². The third-order valence-corrected chi connectivity index (χ3v) is 3.75. The van der Waals surface area contributed by atoms with Gasteiger partial charge < -0.3 is 24.9 Å². The Hall–Kier alpha value is -2.55. The quantitative estimate of drug-likeness (QED) is 0.830. The average Bonchev–Trinajstić information content (AvgIpc) is 2.46. The van der Waals surface area contributed by atoms with Crippen LogP contribution in [0.5, 0.6) is 11.9 Å². The van der Waals surface area contributed by atoms with Gasteiger partial charge in [-0.3, -0.25) is 0 Å². The number of rotatable bonds is 5. The fraction of sp³-hybridized carbons (Fsp3) is 0.167. The third-order valence-electron chi connectivity index (χ3n) is 2.45. The summed E-state index contributed by atoms with van der Waals surface area (Å²) in [6, 6.07) is 6.93. The van der Waals surface area contributed by atoms with E-state index in [1.54, 1.807) is 0 Å². The van der Waals surface area contributed by atoms with Crippen LogP contribution < -0.4 is 15.2 Å². The van der Waals surface area contributed by atoms with E-state index in [2.05, 4.69) is 14.7 Å². The van der Waals surface area contributed by atoms with E-state index < -0.39 is 10.0 Å². The van der Waals surface area contributed by atoms with Gasteiger partial charge in [0.15, 0.2) is 0 Å². The molecule has 0 unspecified atom stereocenters. The molecule has 0 bridgehead atoms. The monoisotopic (exact) mass is 309 g/mol. The lowest BCUT2D eigenvalue weighted by Crippen LogP contribution is -2.01. The molecule has 0 aliphatic heterocycles. The highest BCUT2D eigenvalue weighted by Gasteiger charge is 2.10. The van der Waals surface area contributed by atoms with Gasteiger partial charge in [-0.1, -0.05) is 0 Å². The Morgan fingerprint density at radius 2 is 1.76 bits per heavy atom. The zero-order chi connectivity index (χ0) is 15.5. The van der Waals surface area contributed by atoms with Crippen molar-refractivity contribution in [2.45, 2.75) is 4.90 Å². The van der Waals surface area contributed by atoms with E-state index in [1.165, 1.54) is 44.6 Å². The predicted octanol–water partition coefficient (Wildman–Crippen LogP) is 1.47. The van der Waals surface area contributed by atoms with Crippen molar-refractivity contribution in [3.05, 3.63) is 35.1 Å². The number of aromatic nitrogens is 2. The van der Waals surface area contributed by atoms with Crippen LogP contribution in [0.1, 0.15) is 0 Å². The summed E-state index contributed by atoms with van der Waals surface area (Å²) in [4.78, 5) is 7.71. The number of sulfonamides is 1. The molecule has 0 aliphatic carbocycles. The van der Waals surface area contributed by atoms with Crippen LogP contribution in [0.3, 0.4) is 0 Å². The smallest absolute Gasteiger partial charge is 0.215 e. The van der Waals surface area contributed by atoms with Gasteiger partial charge in [0.05, 0.1) is 19.1 Å². The second-order valence-corrected chi connectivity index (χ2v) is 5.49. The zero-order valence-electron chi connectivity index (χ0n) is 11.3. The van der Waals surface area contributed by atoms with Gasteiger partial charge in [-0.2, -0.15) is 4.98 Å². The minimum Gasteiger partial charge on any atom is -0.483 e. The molecular weight excluding hydrogens is 296 g/mol. The molecule has 0 saturated carbocycles. The molecule has 0 fully saturated rings. The predicted molar refractivity (Wildman–Crippen MR) is 76.2 cm³/mol. The number of anilines is 1. The van der Waals surface area contributed by atoms with E-state index >= 15 is 0 Å². The van der Waals surface area contributed by atoms with Gasteiger partial charge in [-0.25, -0.2) is 8.42 Å². The molecule has 0 spiro atoms. The number of nitrogen functional groups attached to an aromatic ring is 1. The first-order valence-electron chi connectivity index (χ1n) is 5.75. The Morgan fingerprint density at radius 3 is 2.33 bits per heavy atom. The van der Waals surface area contributed by atoms with E-state index in [4.69, 9.17) is 15.2 Å². The van der Waals surface area contributed by atoms with Crippen molar-refractivity contribution < 1.29 is 17.9 Å². The van der Waals surface area contributed by atoms with E-state index in [9.17, 15) is 8.42 Å². The topological polar surface area (TPSA) is 119 Å². The molecule has 112 valence electrons. The third kappa shape index (κ3) is 3.51. The first-order valence-corrected chi connectivity index (χ1v) is 7.19. The minimum atomic E-state index is -3.91. The lowest BCUT2D eigenvalue weighted by Gasteiger charge is -2.17. The number of hydrogen-bond acceptors (Lipinski definition) is 7. The van der Waals surface area contributed by atoms with Gasteiger partial charge in [0.25, 0.3) is 0 Å². The van der Waals surface area contributed by atoms with Crippen LogP contribution in [-0.2, 0) is 10.0 Å². The highest BCUT2D eigenvalue weighted by molar-refractivity contribution is 7.94. The highest BCUT2D eigenvalue weighted by atomic mass is 32.2. The summed E-state index contributed by atoms with van der Waals surface area (Å²) in [7, 11) is -1.17. The van der Waals surface area contributed by atoms with Crippen molar-refractivity contribution in [2.24, 2.45) is 0 Å². The van der Waals surface area contributed by atoms with E-state index in [0.29, 0.717) is 5.69 Å². The summed E-state index contributed by atoms with van der Waals surface area (Å²) >= 11 is 0. The molecule has 8 nitrogen and oxygen atoms in total. The SMILES string of the molecule is COc1cc([N-]S(=O)(=O)c2ccc(N)cc2)nc(OC)n1. The van der Waals surface area contributed by atoms with Gasteiger partial charge in [-0.15, -0.1) is 0 Å². The molecule has 2 aromatic rings. The molecular formula is C12H13N4O4S-. The maximum Gasteiger partial charge on any atom is 0.215 e. The normalized spacial score (nSPS) is 11.0. The number of benzene rings is 1. The van der Waals surface area contributed by atoms with Crippen molar-refractivity contribution in [1.82, 2.24) is 9.97 Å². The van der Waals surface area contributed by atoms with E-state index in [0.717, 1.165) is 0 Å². The Kier molecular flexibility index (Phi) is 4.13. The van der Waals surface area contributed by atoms with Crippen LogP contribution in [0.15, 0.2) is 35.2 Å². The standard InChI is InChI=1S/C12H13N4O4S/c1-19-11-7-10(14-12(15-11)20-2)16-21(17,18)9-5-3-8(13)4-6-9/h3-7H,13H2,1-2H3/q-1. The van der Waals surface area contributed by atoms with Crippen LogP contribution >= 0.6 is 0 Å². The van der Waals surface area contributed by atoms with E-state index in [1.807, 2.05) is 0 Å². The second kappa shape index (κ2) is 5.83. The summed E-state index contributed by atoms with van der Waals surface area (Å²) in [6.07, 6.45) is 0. The Balaban J connectivity index is 2.34.